The molecule has 0 aliphatic heterocycles. The molecule has 0 bridgehead atoms. The molecule has 0 saturated heterocycles. The second kappa shape index (κ2) is 5.46. The standard InChI is InChI=1S/C14H18N2O3S2/c1-7-8(2)21-11-10(7)12(19)16(14(3,4)5)13(15-11)20-6-9(17)18/h6H2,1-5H3,(H,17,18). The van der Waals surface area contributed by atoms with E-state index < -0.39 is 11.5 Å². The van der Waals surface area contributed by atoms with Crippen LogP contribution in [0, 0.1) is 13.8 Å². The summed E-state index contributed by atoms with van der Waals surface area (Å²) in [6, 6.07) is 0. The van der Waals surface area contributed by atoms with Crippen LogP contribution in [0.15, 0.2) is 9.95 Å². The molecule has 2 aromatic rings. The second-order valence-electron chi connectivity index (χ2n) is 5.85. The summed E-state index contributed by atoms with van der Waals surface area (Å²) in [6.07, 6.45) is 0. The van der Waals surface area contributed by atoms with E-state index in [9.17, 15) is 9.59 Å². The number of carboxylic acids is 1. The number of thiophene rings is 1. The molecule has 5 nitrogen and oxygen atoms in total. The van der Waals surface area contributed by atoms with Gasteiger partial charge in [0.15, 0.2) is 5.16 Å². The fourth-order valence-corrected chi connectivity index (χ4v) is 4.06. The maximum atomic E-state index is 12.8. The summed E-state index contributed by atoms with van der Waals surface area (Å²) in [4.78, 5) is 29.9. The molecular weight excluding hydrogens is 308 g/mol. The Kier molecular flexibility index (Phi) is 4.17. The molecule has 2 heterocycles. The second-order valence-corrected chi connectivity index (χ2v) is 8.00. The van der Waals surface area contributed by atoms with Crippen molar-refractivity contribution in [2.24, 2.45) is 0 Å². The van der Waals surface area contributed by atoms with Gasteiger partial charge in [-0.3, -0.25) is 14.2 Å². The smallest absolute Gasteiger partial charge is 0.313 e. The lowest BCUT2D eigenvalue weighted by molar-refractivity contribution is -0.133. The molecule has 1 N–H and O–H groups in total. The van der Waals surface area contributed by atoms with Gasteiger partial charge in [-0.05, 0) is 40.2 Å². The third kappa shape index (κ3) is 2.98. The first-order valence-corrected chi connectivity index (χ1v) is 8.31. The Labute approximate surface area is 131 Å². The van der Waals surface area contributed by atoms with E-state index in [1.165, 1.54) is 11.3 Å². The SMILES string of the molecule is Cc1sc2nc(SCC(=O)O)n(C(C)(C)C)c(=O)c2c1C. The van der Waals surface area contributed by atoms with Crippen molar-refractivity contribution in [2.75, 3.05) is 5.75 Å². The Balaban J connectivity index is 2.77. The van der Waals surface area contributed by atoms with Gasteiger partial charge in [0.05, 0.1) is 11.1 Å². The normalized spacial score (nSPS) is 12.0. The molecule has 0 unspecified atom stereocenters. The molecule has 0 aliphatic rings. The molecule has 7 heteroatoms. The first-order chi connectivity index (χ1) is 9.62. The van der Waals surface area contributed by atoms with Gasteiger partial charge in [0.2, 0.25) is 0 Å². The van der Waals surface area contributed by atoms with E-state index in [0.717, 1.165) is 22.2 Å². The van der Waals surface area contributed by atoms with Crippen LogP contribution in [0.25, 0.3) is 10.2 Å². The van der Waals surface area contributed by atoms with Crippen molar-refractivity contribution >= 4 is 39.3 Å². The van der Waals surface area contributed by atoms with Gasteiger partial charge >= 0.3 is 5.97 Å². The highest BCUT2D eigenvalue weighted by atomic mass is 32.2. The number of hydrogen-bond acceptors (Lipinski definition) is 5. The molecule has 114 valence electrons. The number of nitrogens with zero attached hydrogens (tertiary/aromatic N) is 2. The predicted molar refractivity (Wildman–Crippen MR) is 86.7 cm³/mol. The predicted octanol–water partition coefficient (Wildman–Crippen LogP) is 3.01. The Morgan fingerprint density at radius 2 is 2.00 bits per heavy atom. The Morgan fingerprint density at radius 1 is 1.38 bits per heavy atom. The molecule has 2 rings (SSSR count). The number of thioether (sulfide) groups is 1. The highest BCUT2D eigenvalue weighted by Crippen LogP contribution is 2.30. The Morgan fingerprint density at radius 3 is 2.52 bits per heavy atom. The number of hydrogen-bond donors (Lipinski definition) is 1. The maximum Gasteiger partial charge on any atom is 0.313 e. The van der Waals surface area contributed by atoms with Gasteiger partial charge in [-0.25, -0.2) is 4.98 Å². The van der Waals surface area contributed by atoms with Crippen molar-refractivity contribution in [2.45, 2.75) is 45.3 Å². The van der Waals surface area contributed by atoms with Crippen LogP contribution in [-0.4, -0.2) is 26.4 Å². The Bertz CT molecular complexity index is 769. The number of fused-ring (bicyclic) bond motifs is 1. The van der Waals surface area contributed by atoms with Gasteiger partial charge in [0, 0.05) is 10.4 Å². The van der Waals surface area contributed by atoms with Crippen LogP contribution in [0.3, 0.4) is 0 Å². The number of aryl methyl sites for hydroxylation is 2. The largest absolute Gasteiger partial charge is 0.481 e. The van der Waals surface area contributed by atoms with Crippen molar-refractivity contribution in [3.63, 3.8) is 0 Å². The van der Waals surface area contributed by atoms with Crippen molar-refractivity contribution in [1.82, 2.24) is 9.55 Å². The zero-order valence-corrected chi connectivity index (χ0v) is 14.3. The first-order valence-electron chi connectivity index (χ1n) is 6.50. The van der Waals surface area contributed by atoms with Crippen LogP contribution in [0.1, 0.15) is 31.2 Å². The zero-order valence-electron chi connectivity index (χ0n) is 12.7. The molecule has 0 fully saturated rings. The zero-order chi connectivity index (χ0) is 15.9. The van der Waals surface area contributed by atoms with E-state index in [1.54, 1.807) is 4.57 Å². The highest BCUT2D eigenvalue weighted by Gasteiger charge is 2.24. The fraction of sp³-hybridized carbons (Fsp3) is 0.500. The van der Waals surface area contributed by atoms with E-state index >= 15 is 0 Å². The van der Waals surface area contributed by atoms with E-state index in [0.29, 0.717) is 15.4 Å². The van der Waals surface area contributed by atoms with E-state index in [4.69, 9.17) is 5.11 Å². The monoisotopic (exact) mass is 326 g/mol. The number of carbonyl (C=O) groups is 1. The molecule has 0 saturated carbocycles. The van der Waals surface area contributed by atoms with Gasteiger partial charge in [0.25, 0.3) is 5.56 Å². The summed E-state index contributed by atoms with van der Waals surface area (Å²) < 4.78 is 1.60. The number of aromatic nitrogens is 2. The molecule has 2 aromatic heterocycles. The maximum absolute atomic E-state index is 12.8. The van der Waals surface area contributed by atoms with E-state index in [-0.39, 0.29) is 11.3 Å². The van der Waals surface area contributed by atoms with Crippen LogP contribution >= 0.6 is 23.1 Å². The van der Waals surface area contributed by atoms with Crippen molar-refractivity contribution in [1.29, 1.82) is 0 Å². The van der Waals surface area contributed by atoms with Crippen molar-refractivity contribution in [3.05, 3.63) is 20.8 Å². The average molecular weight is 326 g/mol. The van der Waals surface area contributed by atoms with Crippen LogP contribution in [0.5, 0.6) is 0 Å². The van der Waals surface area contributed by atoms with E-state index in [2.05, 4.69) is 4.98 Å². The van der Waals surface area contributed by atoms with Gasteiger partial charge in [0.1, 0.15) is 4.83 Å². The van der Waals surface area contributed by atoms with Crippen LogP contribution in [0.4, 0.5) is 0 Å². The molecule has 0 aromatic carbocycles. The average Bonchev–Trinajstić information content (AvgIpc) is 2.61. The molecule has 0 spiro atoms. The molecule has 0 radical (unpaired) electrons. The lowest BCUT2D eigenvalue weighted by atomic mass is 10.1. The minimum Gasteiger partial charge on any atom is -0.481 e. The third-order valence-corrected chi connectivity index (χ3v) is 5.19. The van der Waals surface area contributed by atoms with Gasteiger partial charge in [-0.2, -0.15) is 0 Å². The molecule has 0 atom stereocenters. The quantitative estimate of drug-likeness (QED) is 0.693. The summed E-state index contributed by atoms with van der Waals surface area (Å²) >= 11 is 2.56. The number of carboxylic acid groups (broad SMARTS) is 1. The Hall–Kier alpha value is -1.34. The highest BCUT2D eigenvalue weighted by molar-refractivity contribution is 7.99. The summed E-state index contributed by atoms with van der Waals surface area (Å²) in [5.41, 5.74) is 0.406. The van der Waals surface area contributed by atoms with Crippen molar-refractivity contribution < 1.29 is 9.90 Å². The van der Waals surface area contributed by atoms with Gasteiger partial charge in [-0.1, -0.05) is 11.8 Å². The van der Waals surface area contributed by atoms with Crippen molar-refractivity contribution in [3.8, 4) is 0 Å². The summed E-state index contributed by atoms with van der Waals surface area (Å²) in [7, 11) is 0. The van der Waals surface area contributed by atoms with Crippen LogP contribution < -0.4 is 5.56 Å². The first kappa shape index (κ1) is 16.0. The number of rotatable bonds is 3. The van der Waals surface area contributed by atoms with Gasteiger partial charge in [-0.15, -0.1) is 11.3 Å². The lowest BCUT2D eigenvalue weighted by Crippen LogP contribution is -2.36. The van der Waals surface area contributed by atoms with Gasteiger partial charge < -0.3 is 5.11 Å². The fourth-order valence-electron chi connectivity index (χ4n) is 2.09. The van der Waals surface area contributed by atoms with Crippen LogP contribution in [-0.2, 0) is 10.3 Å². The number of aliphatic carboxylic acids is 1. The molecular formula is C14H18N2O3S2. The lowest BCUT2D eigenvalue weighted by Gasteiger charge is -2.25. The summed E-state index contributed by atoms with van der Waals surface area (Å²) in [6.45, 7) is 9.64. The summed E-state index contributed by atoms with van der Waals surface area (Å²) in [5.74, 6) is -1.04. The molecule has 0 aliphatic carbocycles. The summed E-state index contributed by atoms with van der Waals surface area (Å²) in [5, 5.41) is 9.97. The topological polar surface area (TPSA) is 72.2 Å². The minimum atomic E-state index is -0.923. The minimum absolute atomic E-state index is 0.0951. The van der Waals surface area contributed by atoms with E-state index in [1.807, 2.05) is 34.6 Å². The molecule has 21 heavy (non-hydrogen) atoms. The third-order valence-electron chi connectivity index (χ3n) is 3.17. The molecule has 0 amide bonds. The van der Waals surface area contributed by atoms with Crippen LogP contribution in [0.2, 0.25) is 0 Å².